The smallest absolute Gasteiger partial charge is 0.255 e. The van der Waals surface area contributed by atoms with Crippen LogP contribution in [0.15, 0.2) is 36.9 Å². The molecule has 1 aliphatic rings. The molecule has 1 amide bonds. The lowest BCUT2D eigenvalue weighted by Gasteiger charge is -2.23. The number of hydrogen-bond donors (Lipinski definition) is 1. The van der Waals surface area contributed by atoms with E-state index in [1.54, 1.807) is 24.8 Å². The molecule has 0 spiro atoms. The molecule has 1 aliphatic heterocycles. The van der Waals surface area contributed by atoms with Crippen molar-refractivity contribution in [1.29, 1.82) is 0 Å². The number of carbonyl (C=O) groups excluding carboxylic acids is 1. The van der Waals surface area contributed by atoms with Crippen molar-refractivity contribution in [3.8, 4) is 0 Å². The molecule has 2 aromatic rings. The number of H-pyrrole nitrogens is 1. The van der Waals surface area contributed by atoms with E-state index in [4.69, 9.17) is 0 Å². The second-order valence-corrected chi connectivity index (χ2v) is 5.37. The Kier molecular flexibility index (Phi) is 3.96. The van der Waals surface area contributed by atoms with Gasteiger partial charge in [-0.05, 0) is 25.6 Å². The first kappa shape index (κ1) is 13.8. The third-order valence-electron chi connectivity index (χ3n) is 3.93. The number of hydrogen-bond acceptors (Lipinski definition) is 4. The minimum atomic E-state index is 0.100. The maximum absolute atomic E-state index is 12.3. The molecular formula is C15H19N5O. The zero-order valence-corrected chi connectivity index (χ0v) is 12.1. The van der Waals surface area contributed by atoms with Gasteiger partial charge >= 0.3 is 0 Å². The van der Waals surface area contributed by atoms with Gasteiger partial charge in [0.15, 0.2) is 0 Å². The Balaban J connectivity index is 1.58. The highest BCUT2D eigenvalue weighted by atomic mass is 16.2. The number of likely N-dealkylation sites (tertiary alicyclic amines) is 1. The van der Waals surface area contributed by atoms with Crippen LogP contribution in [-0.2, 0) is 6.54 Å². The number of rotatable bonds is 4. The number of amides is 1. The average molecular weight is 285 g/mol. The molecule has 110 valence electrons. The summed E-state index contributed by atoms with van der Waals surface area (Å²) in [6.07, 6.45) is 8.02. The molecule has 0 aromatic carbocycles. The first-order valence-corrected chi connectivity index (χ1v) is 7.12. The first-order chi connectivity index (χ1) is 10.2. The number of nitrogens with one attached hydrogen (secondary N) is 1. The van der Waals surface area contributed by atoms with E-state index in [0.29, 0.717) is 12.6 Å². The van der Waals surface area contributed by atoms with Crippen molar-refractivity contribution < 1.29 is 4.79 Å². The molecule has 1 atom stereocenters. The molecule has 6 heteroatoms. The summed E-state index contributed by atoms with van der Waals surface area (Å²) in [6.45, 7) is 2.26. The number of aromatic amines is 1. The Bertz CT molecular complexity index is 583. The Labute approximate surface area is 123 Å². The zero-order chi connectivity index (χ0) is 14.7. The van der Waals surface area contributed by atoms with E-state index in [2.05, 4.69) is 26.9 Å². The second kappa shape index (κ2) is 6.05. The number of nitrogens with zero attached hydrogens (tertiary/aromatic N) is 4. The molecule has 0 unspecified atom stereocenters. The van der Waals surface area contributed by atoms with Crippen molar-refractivity contribution in [3.63, 3.8) is 0 Å². The summed E-state index contributed by atoms with van der Waals surface area (Å²) in [5.74, 6) is 0.915. The van der Waals surface area contributed by atoms with Crippen LogP contribution in [0.2, 0.25) is 0 Å². The fourth-order valence-corrected chi connectivity index (χ4v) is 2.69. The highest BCUT2D eigenvalue weighted by molar-refractivity contribution is 5.94. The summed E-state index contributed by atoms with van der Waals surface area (Å²) in [5.41, 5.74) is 0.727. The van der Waals surface area contributed by atoms with Crippen LogP contribution in [0.3, 0.4) is 0 Å². The minimum absolute atomic E-state index is 0.100. The predicted octanol–water partition coefficient (Wildman–Crippen LogP) is 1.15. The van der Waals surface area contributed by atoms with Gasteiger partial charge in [-0.15, -0.1) is 0 Å². The van der Waals surface area contributed by atoms with Gasteiger partial charge in [-0.1, -0.05) is 0 Å². The monoisotopic (exact) mass is 285 g/mol. The summed E-state index contributed by atoms with van der Waals surface area (Å²) in [6, 6.07) is 3.99. The van der Waals surface area contributed by atoms with Gasteiger partial charge < -0.3 is 9.88 Å². The van der Waals surface area contributed by atoms with Gasteiger partial charge in [0, 0.05) is 43.9 Å². The molecule has 3 rings (SSSR count). The molecule has 0 radical (unpaired) electrons. The normalized spacial score (nSPS) is 18.4. The van der Waals surface area contributed by atoms with Gasteiger partial charge in [0.25, 0.3) is 5.91 Å². The van der Waals surface area contributed by atoms with Crippen molar-refractivity contribution in [2.45, 2.75) is 19.0 Å². The number of carbonyl (C=O) groups is 1. The van der Waals surface area contributed by atoms with Gasteiger partial charge in [-0.25, -0.2) is 9.97 Å². The Morgan fingerprint density at radius 2 is 2.29 bits per heavy atom. The van der Waals surface area contributed by atoms with Crippen LogP contribution in [-0.4, -0.2) is 56.8 Å². The fraction of sp³-hybridized carbons (Fsp3) is 0.400. The quantitative estimate of drug-likeness (QED) is 0.915. The lowest BCUT2D eigenvalue weighted by atomic mass is 10.2. The summed E-state index contributed by atoms with van der Waals surface area (Å²) in [5, 5.41) is 0. The molecule has 1 saturated heterocycles. The molecule has 6 nitrogen and oxygen atoms in total. The van der Waals surface area contributed by atoms with Crippen LogP contribution in [0, 0.1) is 0 Å². The maximum atomic E-state index is 12.3. The van der Waals surface area contributed by atoms with E-state index in [1.807, 2.05) is 17.0 Å². The highest BCUT2D eigenvalue weighted by Crippen LogP contribution is 2.18. The van der Waals surface area contributed by atoms with E-state index in [9.17, 15) is 4.79 Å². The number of aromatic nitrogens is 3. The van der Waals surface area contributed by atoms with Crippen LogP contribution < -0.4 is 0 Å². The molecule has 0 aliphatic carbocycles. The van der Waals surface area contributed by atoms with Crippen molar-refractivity contribution in [2.75, 3.05) is 20.1 Å². The minimum Gasteiger partial charge on any atom is -0.367 e. The molecule has 21 heavy (non-hydrogen) atoms. The standard InChI is InChI=1S/C15H19N5O/c1-19(11-14-17-5-2-6-18-14)13-4-8-20(10-13)15(21)12-3-7-16-9-12/h2-3,5-7,9,13,16H,4,8,10-11H2,1H3/t13-/m1/s1. The van der Waals surface area contributed by atoms with E-state index < -0.39 is 0 Å². The molecule has 0 bridgehead atoms. The Morgan fingerprint density at radius 3 is 3.00 bits per heavy atom. The lowest BCUT2D eigenvalue weighted by molar-refractivity contribution is 0.0779. The van der Waals surface area contributed by atoms with Crippen molar-refractivity contribution in [3.05, 3.63) is 48.3 Å². The summed E-state index contributed by atoms with van der Waals surface area (Å²) < 4.78 is 0. The zero-order valence-electron chi connectivity index (χ0n) is 12.1. The summed E-state index contributed by atoms with van der Waals surface area (Å²) in [4.78, 5) is 27.9. The third kappa shape index (κ3) is 3.11. The van der Waals surface area contributed by atoms with E-state index in [0.717, 1.165) is 30.9 Å². The average Bonchev–Trinajstić information content (AvgIpc) is 3.19. The van der Waals surface area contributed by atoms with E-state index in [-0.39, 0.29) is 5.91 Å². The van der Waals surface area contributed by atoms with Gasteiger partial charge in [0.05, 0.1) is 12.1 Å². The van der Waals surface area contributed by atoms with Gasteiger partial charge in [0.2, 0.25) is 0 Å². The van der Waals surface area contributed by atoms with Crippen LogP contribution in [0.5, 0.6) is 0 Å². The molecular weight excluding hydrogens is 266 g/mol. The van der Waals surface area contributed by atoms with Crippen LogP contribution in [0.1, 0.15) is 22.6 Å². The largest absolute Gasteiger partial charge is 0.367 e. The van der Waals surface area contributed by atoms with Gasteiger partial charge in [-0.2, -0.15) is 0 Å². The summed E-state index contributed by atoms with van der Waals surface area (Å²) in [7, 11) is 2.06. The Morgan fingerprint density at radius 1 is 1.48 bits per heavy atom. The van der Waals surface area contributed by atoms with Crippen LogP contribution in [0.4, 0.5) is 0 Å². The topological polar surface area (TPSA) is 65.1 Å². The van der Waals surface area contributed by atoms with Gasteiger partial charge in [0.1, 0.15) is 5.82 Å². The maximum Gasteiger partial charge on any atom is 0.255 e. The first-order valence-electron chi connectivity index (χ1n) is 7.12. The van der Waals surface area contributed by atoms with Crippen LogP contribution in [0.25, 0.3) is 0 Å². The van der Waals surface area contributed by atoms with Crippen molar-refractivity contribution in [2.24, 2.45) is 0 Å². The fourth-order valence-electron chi connectivity index (χ4n) is 2.69. The highest BCUT2D eigenvalue weighted by Gasteiger charge is 2.29. The third-order valence-corrected chi connectivity index (χ3v) is 3.93. The molecule has 0 saturated carbocycles. The predicted molar refractivity (Wildman–Crippen MR) is 78.6 cm³/mol. The lowest BCUT2D eigenvalue weighted by Crippen LogP contribution is -2.36. The summed E-state index contributed by atoms with van der Waals surface area (Å²) >= 11 is 0. The SMILES string of the molecule is CN(Cc1ncccn1)[C@@H]1CCN(C(=O)c2cc[nH]c2)C1. The Hall–Kier alpha value is -2.21. The van der Waals surface area contributed by atoms with E-state index in [1.165, 1.54) is 0 Å². The van der Waals surface area contributed by atoms with Crippen molar-refractivity contribution in [1.82, 2.24) is 24.8 Å². The molecule has 1 fully saturated rings. The molecule has 3 heterocycles. The molecule has 1 N–H and O–H groups in total. The van der Waals surface area contributed by atoms with E-state index >= 15 is 0 Å². The van der Waals surface area contributed by atoms with Crippen LogP contribution >= 0.6 is 0 Å². The van der Waals surface area contributed by atoms with Gasteiger partial charge in [-0.3, -0.25) is 9.69 Å². The molecule has 2 aromatic heterocycles. The number of likely N-dealkylation sites (N-methyl/N-ethyl adjacent to an activating group) is 1. The second-order valence-electron chi connectivity index (χ2n) is 5.37. The van der Waals surface area contributed by atoms with Crippen molar-refractivity contribution >= 4 is 5.91 Å².